The van der Waals surface area contributed by atoms with Gasteiger partial charge < -0.3 is 10.1 Å². The lowest BCUT2D eigenvalue weighted by Crippen LogP contribution is -2.84. The summed E-state index contributed by atoms with van der Waals surface area (Å²) in [5, 5.41) is 5.06. The van der Waals surface area contributed by atoms with Gasteiger partial charge in [0, 0.05) is 18.2 Å². The molecular weight excluding hydrogens is 212 g/mol. The van der Waals surface area contributed by atoms with Crippen LogP contribution in [0.4, 0.5) is 0 Å². The van der Waals surface area contributed by atoms with Crippen LogP contribution in [0.15, 0.2) is 5.38 Å². The molecule has 1 aromatic rings. The smallest absolute Gasteiger partial charge is 0.357 e. The van der Waals surface area contributed by atoms with Crippen molar-refractivity contribution in [3.05, 3.63) is 16.1 Å². The lowest BCUT2D eigenvalue weighted by molar-refractivity contribution is -0.683. The van der Waals surface area contributed by atoms with Crippen molar-refractivity contribution < 1.29 is 14.8 Å². The molecule has 1 saturated carbocycles. The van der Waals surface area contributed by atoms with Gasteiger partial charge in [-0.1, -0.05) is 0 Å². The quantitative estimate of drug-likeness (QED) is 0.747. The van der Waals surface area contributed by atoms with Crippen molar-refractivity contribution in [2.45, 2.75) is 32.4 Å². The maximum Gasteiger partial charge on any atom is 0.357 e. The number of hydrogen-bond acceptors (Lipinski definition) is 4. The Morgan fingerprint density at radius 3 is 3.20 bits per heavy atom. The van der Waals surface area contributed by atoms with Crippen LogP contribution in [0, 0.1) is 0 Å². The van der Waals surface area contributed by atoms with E-state index < -0.39 is 0 Å². The number of carbonyl (C=O) groups is 1. The molecule has 4 nitrogen and oxygen atoms in total. The highest BCUT2D eigenvalue weighted by Crippen LogP contribution is 2.15. The van der Waals surface area contributed by atoms with E-state index >= 15 is 0 Å². The van der Waals surface area contributed by atoms with E-state index in [0.717, 1.165) is 17.6 Å². The minimum absolute atomic E-state index is 0.313. The molecular formula is C10H15N2O2S+. The van der Waals surface area contributed by atoms with E-state index in [0.29, 0.717) is 12.3 Å². The molecule has 0 unspecified atom stereocenters. The summed E-state index contributed by atoms with van der Waals surface area (Å²) >= 11 is 1.53. The molecule has 0 aliphatic heterocycles. The Hall–Kier alpha value is -0.940. The third-order valence-corrected chi connectivity index (χ3v) is 3.16. The molecule has 82 valence electrons. The molecule has 1 fully saturated rings. The van der Waals surface area contributed by atoms with E-state index in [4.69, 9.17) is 4.74 Å². The Morgan fingerprint density at radius 2 is 2.53 bits per heavy atom. The van der Waals surface area contributed by atoms with E-state index in [2.05, 4.69) is 10.3 Å². The first-order chi connectivity index (χ1) is 7.29. The van der Waals surface area contributed by atoms with Crippen LogP contribution < -0.4 is 5.32 Å². The van der Waals surface area contributed by atoms with Crippen molar-refractivity contribution in [2.24, 2.45) is 0 Å². The predicted octanol–water partition coefficient (Wildman–Crippen LogP) is 0.546. The van der Waals surface area contributed by atoms with Gasteiger partial charge in [0.1, 0.15) is 11.6 Å². The minimum atomic E-state index is -0.313. The predicted molar refractivity (Wildman–Crippen MR) is 56.7 cm³/mol. The van der Waals surface area contributed by atoms with E-state index in [1.807, 2.05) is 0 Å². The molecule has 2 rings (SSSR count). The SMILES string of the molecule is CCOC(=O)c1csc(C[NH2+]C2CC2)n1. The fraction of sp³-hybridized carbons (Fsp3) is 0.600. The summed E-state index contributed by atoms with van der Waals surface area (Å²) in [5.41, 5.74) is 0.445. The molecule has 0 saturated heterocycles. The highest BCUT2D eigenvalue weighted by Gasteiger charge is 2.25. The van der Waals surface area contributed by atoms with E-state index in [-0.39, 0.29) is 5.97 Å². The maximum absolute atomic E-state index is 11.3. The molecule has 5 heteroatoms. The van der Waals surface area contributed by atoms with Gasteiger partial charge in [0.05, 0.1) is 12.6 Å². The van der Waals surface area contributed by atoms with E-state index in [9.17, 15) is 4.79 Å². The third-order valence-electron chi connectivity index (χ3n) is 2.28. The number of quaternary nitrogens is 1. The molecule has 1 heterocycles. The Bertz CT molecular complexity index is 347. The van der Waals surface area contributed by atoms with Gasteiger partial charge in [0.25, 0.3) is 0 Å². The molecule has 0 amide bonds. The lowest BCUT2D eigenvalue weighted by atomic mass is 10.5. The largest absolute Gasteiger partial charge is 0.461 e. The van der Waals surface area contributed by atoms with Gasteiger partial charge in [0.2, 0.25) is 0 Å². The summed E-state index contributed by atoms with van der Waals surface area (Å²) in [5.74, 6) is -0.313. The Morgan fingerprint density at radius 1 is 1.73 bits per heavy atom. The minimum Gasteiger partial charge on any atom is -0.461 e. The van der Waals surface area contributed by atoms with Crippen molar-refractivity contribution in [2.75, 3.05) is 6.61 Å². The van der Waals surface area contributed by atoms with Crippen molar-refractivity contribution in [1.82, 2.24) is 4.98 Å². The fourth-order valence-electron chi connectivity index (χ4n) is 1.30. The summed E-state index contributed by atoms with van der Waals surface area (Å²) in [6.07, 6.45) is 2.63. The van der Waals surface area contributed by atoms with Crippen molar-refractivity contribution in [1.29, 1.82) is 0 Å². The molecule has 0 aromatic carbocycles. The first-order valence-electron chi connectivity index (χ1n) is 5.24. The van der Waals surface area contributed by atoms with E-state index in [1.54, 1.807) is 12.3 Å². The van der Waals surface area contributed by atoms with Crippen LogP contribution in [0.3, 0.4) is 0 Å². The van der Waals surface area contributed by atoms with Gasteiger partial charge in [0.15, 0.2) is 5.69 Å². The van der Waals surface area contributed by atoms with Crippen LogP contribution in [0.2, 0.25) is 0 Å². The second kappa shape index (κ2) is 4.72. The monoisotopic (exact) mass is 227 g/mol. The molecule has 0 atom stereocenters. The number of nitrogens with two attached hydrogens (primary N) is 1. The van der Waals surface area contributed by atoms with E-state index in [1.165, 1.54) is 24.2 Å². The summed E-state index contributed by atoms with van der Waals surface area (Å²) in [6, 6.07) is 0.792. The number of hydrogen-bond donors (Lipinski definition) is 1. The number of nitrogens with zero attached hydrogens (tertiary/aromatic N) is 1. The molecule has 0 bridgehead atoms. The number of aromatic nitrogens is 1. The van der Waals surface area contributed by atoms with Crippen LogP contribution in [0.1, 0.15) is 35.3 Å². The number of esters is 1. The zero-order valence-electron chi connectivity index (χ0n) is 8.73. The van der Waals surface area contributed by atoms with Crippen LogP contribution in [0.5, 0.6) is 0 Å². The third kappa shape index (κ3) is 3.00. The lowest BCUT2D eigenvalue weighted by Gasteiger charge is -1.96. The Kier molecular flexibility index (Phi) is 3.33. The number of thiazole rings is 1. The molecule has 1 aliphatic carbocycles. The van der Waals surface area contributed by atoms with Crippen molar-refractivity contribution >= 4 is 17.3 Å². The van der Waals surface area contributed by atoms with Gasteiger partial charge in [-0.25, -0.2) is 9.78 Å². The molecule has 2 N–H and O–H groups in total. The summed E-state index contributed by atoms with van der Waals surface area (Å²) in [6.45, 7) is 3.08. The molecule has 1 aliphatic rings. The zero-order valence-corrected chi connectivity index (χ0v) is 9.55. The van der Waals surface area contributed by atoms with Gasteiger partial charge in [-0.2, -0.15) is 0 Å². The molecule has 0 spiro atoms. The molecule has 15 heavy (non-hydrogen) atoms. The van der Waals surface area contributed by atoms with Crippen LogP contribution >= 0.6 is 11.3 Å². The fourth-order valence-corrected chi connectivity index (χ4v) is 2.04. The average molecular weight is 227 g/mol. The number of carbonyl (C=O) groups excluding carboxylic acids is 1. The molecule has 1 aromatic heterocycles. The summed E-state index contributed by atoms with van der Waals surface area (Å²) in [4.78, 5) is 15.6. The summed E-state index contributed by atoms with van der Waals surface area (Å²) < 4.78 is 4.87. The normalized spacial score (nSPS) is 15.3. The van der Waals surface area contributed by atoms with Gasteiger partial charge >= 0.3 is 5.97 Å². The number of ether oxygens (including phenoxy) is 1. The van der Waals surface area contributed by atoms with Crippen molar-refractivity contribution in [3.63, 3.8) is 0 Å². The standard InChI is InChI=1S/C10H14N2O2S/c1-2-14-10(13)8-6-15-9(12-8)5-11-7-3-4-7/h6-7,11H,2-5H2,1H3/p+1. The average Bonchev–Trinajstić information content (AvgIpc) is 2.93. The number of rotatable bonds is 5. The second-order valence-corrected chi connectivity index (χ2v) is 4.57. The maximum atomic E-state index is 11.3. The van der Waals surface area contributed by atoms with Crippen LogP contribution in [-0.4, -0.2) is 23.6 Å². The van der Waals surface area contributed by atoms with Crippen LogP contribution in [0.25, 0.3) is 0 Å². The Labute approximate surface area is 92.7 Å². The summed E-state index contributed by atoms with van der Waals surface area (Å²) in [7, 11) is 0. The Balaban J connectivity index is 1.87. The van der Waals surface area contributed by atoms with Crippen molar-refractivity contribution in [3.8, 4) is 0 Å². The first-order valence-corrected chi connectivity index (χ1v) is 6.12. The second-order valence-electron chi connectivity index (χ2n) is 3.62. The molecule has 0 radical (unpaired) electrons. The first kappa shape index (κ1) is 10.6. The van der Waals surface area contributed by atoms with Gasteiger partial charge in [-0.3, -0.25) is 0 Å². The van der Waals surface area contributed by atoms with Gasteiger partial charge in [-0.05, 0) is 6.92 Å². The van der Waals surface area contributed by atoms with Crippen LogP contribution in [-0.2, 0) is 11.3 Å². The topological polar surface area (TPSA) is 55.8 Å². The highest BCUT2D eigenvalue weighted by atomic mass is 32.1. The zero-order chi connectivity index (χ0) is 10.7. The van der Waals surface area contributed by atoms with Gasteiger partial charge in [-0.15, -0.1) is 11.3 Å². The highest BCUT2D eigenvalue weighted by molar-refractivity contribution is 7.09.